The lowest BCUT2D eigenvalue weighted by Crippen LogP contribution is -2.37. The molecular formula is C29H29N3O5S2. The van der Waals surface area contributed by atoms with E-state index in [0.29, 0.717) is 43.4 Å². The summed E-state index contributed by atoms with van der Waals surface area (Å²) >= 11 is 1.42. The van der Waals surface area contributed by atoms with Crippen LogP contribution in [0.15, 0.2) is 71.6 Å². The van der Waals surface area contributed by atoms with Gasteiger partial charge in [0.15, 0.2) is 5.13 Å². The third kappa shape index (κ3) is 5.17. The first-order chi connectivity index (χ1) is 18.9. The van der Waals surface area contributed by atoms with Gasteiger partial charge in [-0.25, -0.2) is 13.4 Å². The largest absolute Gasteiger partial charge is 0.497 e. The summed E-state index contributed by atoms with van der Waals surface area (Å²) in [7, 11) is -2.08. The van der Waals surface area contributed by atoms with Gasteiger partial charge in [0.25, 0.3) is 5.91 Å². The van der Waals surface area contributed by atoms with Gasteiger partial charge in [-0.1, -0.05) is 35.6 Å². The molecule has 1 atom stereocenters. The molecule has 0 N–H and O–H groups in total. The Balaban J connectivity index is 1.26. The smallest absolute Gasteiger partial charge is 0.260 e. The molecule has 1 saturated heterocycles. The van der Waals surface area contributed by atoms with Crippen molar-refractivity contribution in [1.29, 1.82) is 0 Å². The fraction of sp³-hybridized carbons (Fsp3) is 0.310. The fourth-order valence-electron chi connectivity index (χ4n) is 5.12. The second-order valence-electron chi connectivity index (χ2n) is 9.76. The predicted molar refractivity (Wildman–Crippen MR) is 151 cm³/mol. The lowest BCUT2D eigenvalue weighted by atomic mass is 10.0. The van der Waals surface area contributed by atoms with Gasteiger partial charge in [-0.15, -0.1) is 0 Å². The Morgan fingerprint density at radius 1 is 1.13 bits per heavy atom. The standard InChI is InChI=1S/C29H29N3O5S2/c1-36-23-10-13-26-27(17-23)38-29(30-26)32(19-24-7-4-16-37-24)28(33)21-8-11-25(12-9-21)39(34,35)31-15-14-20-5-2-3-6-22(20)18-31/h2-3,5-6,8-13,17,24H,4,7,14-16,18-19H2,1H3. The summed E-state index contributed by atoms with van der Waals surface area (Å²) in [5.41, 5.74) is 3.39. The number of benzene rings is 3. The third-order valence-corrected chi connectivity index (χ3v) is 10.2. The molecule has 0 radical (unpaired) electrons. The number of methoxy groups -OCH3 is 1. The van der Waals surface area contributed by atoms with Crippen molar-refractivity contribution in [3.8, 4) is 5.75 Å². The van der Waals surface area contributed by atoms with E-state index < -0.39 is 10.0 Å². The van der Waals surface area contributed by atoms with Gasteiger partial charge in [0, 0.05) is 25.3 Å². The van der Waals surface area contributed by atoms with Crippen LogP contribution in [-0.2, 0) is 27.7 Å². The number of anilines is 1. The Morgan fingerprint density at radius 3 is 2.67 bits per heavy atom. The van der Waals surface area contributed by atoms with Crippen molar-refractivity contribution in [1.82, 2.24) is 9.29 Å². The molecule has 1 aromatic heterocycles. The summed E-state index contributed by atoms with van der Waals surface area (Å²) in [6, 6.07) is 19.8. The lowest BCUT2D eigenvalue weighted by Gasteiger charge is -2.28. The number of ether oxygens (including phenoxy) is 2. The van der Waals surface area contributed by atoms with Crippen LogP contribution in [-0.4, -0.2) is 56.5 Å². The fourth-order valence-corrected chi connectivity index (χ4v) is 7.54. The molecule has 0 bridgehead atoms. The second-order valence-corrected chi connectivity index (χ2v) is 12.7. The Labute approximate surface area is 231 Å². The van der Waals surface area contributed by atoms with E-state index >= 15 is 0 Å². The number of amides is 1. The van der Waals surface area contributed by atoms with Crippen LogP contribution >= 0.6 is 11.3 Å². The Bertz CT molecular complexity index is 1610. The summed E-state index contributed by atoms with van der Waals surface area (Å²) in [5.74, 6) is 0.482. The van der Waals surface area contributed by atoms with Crippen molar-refractivity contribution in [2.45, 2.75) is 36.8 Å². The molecule has 0 saturated carbocycles. The lowest BCUT2D eigenvalue weighted by molar-refractivity contribution is 0.0917. The van der Waals surface area contributed by atoms with Crippen LogP contribution in [0.4, 0.5) is 5.13 Å². The first kappa shape index (κ1) is 25.9. The van der Waals surface area contributed by atoms with E-state index in [1.54, 1.807) is 24.1 Å². The molecule has 0 spiro atoms. The molecule has 3 aromatic carbocycles. The van der Waals surface area contributed by atoms with E-state index in [0.717, 1.165) is 34.4 Å². The van der Waals surface area contributed by atoms with E-state index in [2.05, 4.69) is 0 Å². The van der Waals surface area contributed by atoms with Crippen molar-refractivity contribution >= 4 is 42.6 Å². The van der Waals surface area contributed by atoms with Crippen molar-refractivity contribution in [3.05, 3.63) is 83.4 Å². The maximum Gasteiger partial charge on any atom is 0.260 e. The van der Waals surface area contributed by atoms with Gasteiger partial charge in [-0.2, -0.15) is 4.31 Å². The van der Waals surface area contributed by atoms with Gasteiger partial charge in [-0.05, 0) is 72.9 Å². The van der Waals surface area contributed by atoms with Crippen LogP contribution in [0.25, 0.3) is 10.2 Å². The SMILES string of the molecule is COc1ccc2nc(N(CC3CCCO3)C(=O)c3ccc(S(=O)(=O)N4CCc5ccccc5C4)cc3)sc2c1. The molecule has 1 amide bonds. The van der Waals surface area contributed by atoms with Crippen LogP contribution in [0.5, 0.6) is 5.75 Å². The molecule has 39 heavy (non-hydrogen) atoms. The molecule has 3 heterocycles. The molecule has 8 nitrogen and oxygen atoms in total. The maximum atomic E-state index is 13.8. The average Bonchev–Trinajstić information content (AvgIpc) is 3.64. The third-order valence-electron chi connectivity index (χ3n) is 7.31. The van der Waals surface area contributed by atoms with E-state index in [1.165, 1.54) is 33.3 Å². The molecule has 1 unspecified atom stereocenters. The zero-order chi connectivity index (χ0) is 27.0. The molecule has 4 aromatic rings. The number of carbonyl (C=O) groups is 1. The topological polar surface area (TPSA) is 89.0 Å². The minimum atomic E-state index is -3.70. The van der Waals surface area contributed by atoms with E-state index in [4.69, 9.17) is 14.5 Å². The maximum absolute atomic E-state index is 13.8. The van der Waals surface area contributed by atoms with Crippen LogP contribution in [0.3, 0.4) is 0 Å². The number of hydrogen-bond donors (Lipinski definition) is 0. The zero-order valence-corrected chi connectivity index (χ0v) is 23.2. The van der Waals surface area contributed by atoms with Gasteiger partial charge in [0.1, 0.15) is 5.75 Å². The van der Waals surface area contributed by atoms with Crippen LogP contribution in [0.2, 0.25) is 0 Å². The minimum absolute atomic E-state index is 0.0721. The minimum Gasteiger partial charge on any atom is -0.497 e. The predicted octanol–water partition coefficient (Wildman–Crippen LogP) is 4.88. The molecule has 2 aliphatic rings. The highest BCUT2D eigenvalue weighted by molar-refractivity contribution is 7.89. The summed E-state index contributed by atoms with van der Waals surface area (Å²) in [6.07, 6.45) is 2.44. The van der Waals surface area contributed by atoms with Crippen molar-refractivity contribution < 1.29 is 22.7 Å². The first-order valence-corrected chi connectivity index (χ1v) is 15.2. The summed E-state index contributed by atoms with van der Waals surface area (Å²) in [5, 5.41) is 0.572. The second kappa shape index (κ2) is 10.7. The Kier molecular flexibility index (Phi) is 7.11. The number of aromatic nitrogens is 1. The molecule has 1 fully saturated rings. The molecule has 202 valence electrons. The summed E-state index contributed by atoms with van der Waals surface area (Å²) in [4.78, 5) is 20.3. The molecular weight excluding hydrogens is 534 g/mol. The molecule has 0 aliphatic carbocycles. The monoisotopic (exact) mass is 563 g/mol. The van der Waals surface area contributed by atoms with E-state index in [9.17, 15) is 13.2 Å². The van der Waals surface area contributed by atoms with Crippen molar-refractivity contribution in [3.63, 3.8) is 0 Å². The van der Waals surface area contributed by atoms with Crippen molar-refractivity contribution in [2.24, 2.45) is 0 Å². The average molecular weight is 564 g/mol. The van der Waals surface area contributed by atoms with Crippen LogP contribution < -0.4 is 9.64 Å². The van der Waals surface area contributed by atoms with Crippen LogP contribution in [0, 0.1) is 0 Å². The summed E-state index contributed by atoms with van der Waals surface area (Å²) in [6.45, 7) is 1.83. The quantitative estimate of drug-likeness (QED) is 0.319. The Morgan fingerprint density at radius 2 is 1.92 bits per heavy atom. The highest BCUT2D eigenvalue weighted by atomic mass is 32.2. The van der Waals surface area contributed by atoms with E-state index in [1.807, 2.05) is 42.5 Å². The first-order valence-electron chi connectivity index (χ1n) is 13.0. The molecule has 6 rings (SSSR count). The number of carbonyl (C=O) groups excluding carboxylic acids is 1. The van der Waals surface area contributed by atoms with Crippen LogP contribution in [0.1, 0.15) is 34.3 Å². The zero-order valence-electron chi connectivity index (χ0n) is 21.6. The van der Waals surface area contributed by atoms with Gasteiger partial charge in [-0.3, -0.25) is 9.69 Å². The van der Waals surface area contributed by atoms with Crippen molar-refractivity contribution in [2.75, 3.05) is 31.7 Å². The van der Waals surface area contributed by atoms with Gasteiger partial charge in [0.05, 0.1) is 34.9 Å². The number of thiazole rings is 1. The number of rotatable bonds is 7. The van der Waals surface area contributed by atoms with Gasteiger partial charge in [0.2, 0.25) is 10.0 Å². The van der Waals surface area contributed by atoms with Gasteiger partial charge >= 0.3 is 0 Å². The number of hydrogen-bond acceptors (Lipinski definition) is 7. The molecule has 10 heteroatoms. The normalized spacial score (nSPS) is 17.7. The van der Waals surface area contributed by atoms with Gasteiger partial charge < -0.3 is 9.47 Å². The number of nitrogens with zero attached hydrogens (tertiary/aromatic N) is 3. The highest BCUT2D eigenvalue weighted by Gasteiger charge is 2.30. The number of sulfonamides is 1. The number of fused-ring (bicyclic) bond motifs is 2. The summed E-state index contributed by atoms with van der Waals surface area (Å²) < 4.78 is 40.4. The molecule has 2 aliphatic heterocycles. The highest BCUT2D eigenvalue weighted by Crippen LogP contribution is 2.33. The Hall–Kier alpha value is -3.31. The van der Waals surface area contributed by atoms with E-state index in [-0.39, 0.29) is 16.9 Å².